The normalized spacial score (nSPS) is 12.1. The average Bonchev–Trinajstić information content (AvgIpc) is 2.44. The molecule has 0 aromatic heterocycles. The Kier molecular flexibility index (Phi) is 7.68. The molecule has 0 aliphatic rings. The van der Waals surface area contributed by atoms with Gasteiger partial charge in [0.15, 0.2) is 0 Å². The summed E-state index contributed by atoms with van der Waals surface area (Å²) < 4.78 is 13.3. The highest BCUT2D eigenvalue weighted by atomic mass is 32.2. The third kappa shape index (κ3) is 5.54. The van der Waals surface area contributed by atoms with Crippen LogP contribution in [0.5, 0.6) is 0 Å². The lowest BCUT2D eigenvalue weighted by molar-refractivity contribution is 0.245. The molecular weight excluding hydrogens is 271 g/mol. The molecule has 4 heteroatoms. The second-order valence-corrected chi connectivity index (χ2v) is 5.84. The van der Waals surface area contributed by atoms with Gasteiger partial charge in [-0.25, -0.2) is 4.39 Å². The van der Waals surface area contributed by atoms with E-state index in [-0.39, 0.29) is 12.4 Å². The molecule has 0 radical (unpaired) electrons. The van der Waals surface area contributed by atoms with Crippen LogP contribution >= 0.6 is 11.8 Å². The maximum atomic E-state index is 13.3. The summed E-state index contributed by atoms with van der Waals surface area (Å²) in [6, 6.07) is 5.28. The minimum atomic E-state index is -0.256. The molecule has 0 bridgehead atoms. The highest BCUT2D eigenvalue weighted by Gasteiger charge is 2.11. The van der Waals surface area contributed by atoms with Gasteiger partial charge in [0.1, 0.15) is 5.82 Å². The van der Waals surface area contributed by atoms with E-state index in [0.29, 0.717) is 6.04 Å². The van der Waals surface area contributed by atoms with Crippen molar-refractivity contribution >= 4 is 11.8 Å². The summed E-state index contributed by atoms with van der Waals surface area (Å²) >= 11 is 1.86. The van der Waals surface area contributed by atoms with Crippen LogP contribution in [0.25, 0.3) is 0 Å². The lowest BCUT2D eigenvalue weighted by Gasteiger charge is -2.25. The van der Waals surface area contributed by atoms with Gasteiger partial charge in [0, 0.05) is 18.2 Å². The quantitative estimate of drug-likeness (QED) is 0.818. The molecule has 1 aromatic rings. The first kappa shape index (κ1) is 17.0. The molecule has 0 saturated carbocycles. The number of benzene rings is 1. The standard InChI is InChI=1S/C16H23FN2S/c1-13(8-10-20-3)19(2)12-15-6-7-16(17)11-14(15)5-4-9-18/h6-7,11,13H,8-10,12,18H2,1-3H3. The molecule has 110 valence electrons. The number of nitrogens with zero attached hydrogens (tertiary/aromatic N) is 1. The van der Waals surface area contributed by atoms with Gasteiger partial charge in [-0.2, -0.15) is 11.8 Å². The fourth-order valence-electron chi connectivity index (χ4n) is 1.88. The number of hydrogen-bond acceptors (Lipinski definition) is 3. The summed E-state index contributed by atoms with van der Waals surface area (Å²) in [5.41, 5.74) is 7.17. The van der Waals surface area contributed by atoms with Crippen molar-refractivity contribution in [3.05, 3.63) is 35.1 Å². The molecule has 0 amide bonds. The zero-order valence-electron chi connectivity index (χ0n) is 12.4. The van der Waals surface area contributed by atoms with Crippen LogP contribution in [0.3, 0.4) is 0 Å². The summed E-state index contributed by atoms with van der Waals surface area (Å²) in [6.45, 7) is 3.27. The molecule has 2 N–H and O–H groups in total. The Morgan fingerprint density at radius 2 is 2.20 bits per heavy atom. The summed E-state index contributed by atoms with van der Waals surface area (Å²) in [6.07, 6.45) is 3.26. The van der Waals surface area contributed by atoms with Crippen LogP contribution in [0.15, 0.2) is 18.2 Å². The topological polar surface area (TPSA) is 29.3 Å². The Labute approximate surface area is 125 Å². The van der Waals surface area contributed by atoms with Crippen molar-refractivity contribution in [2.75, 3.05) is 25.6 Å². The summed E-state index contributed by atoms with van der Waals surface area (Å²) in [4.78, 5) is 2.27. The third-order valence-corrected chi connectivity index (χ3v) is 3.95. The first-order valence-corrected chi connectivity index (χ1v) is 8.14. The predicted molar refractivity (Wildman–Crippen MR) is 86.3 cm³/mol. The second-order valence-electron chi connectivity index (χ2n) is 4.85. The lowest BCUT2D eigenvalue weighted by atomic mass is 10.1. The fraction of sp³-hybridized carbons (Fsp3) is 0.500. The van der Waals surface area contributed by atoms with Gasteiger partial charge < -0.3 is 5.73 Å². The molecule has 1 aromatic carbocycles. The molecule has 20 heavy (non-hydrogen) atoms. The van der Waals surface area contributed by atoms with Gasteiger partial charge >= 0.3 is 0 Å². The molecule has 1 unspecified atom stereocenters. The highest BCUT2D eigenvalue weighted by Crippen LogP contribution is 2.15. The van der Waals surface area contributed by atoms with Crippen molar-refractivity contribution in [1.82, 2.24) is 4.90 Å². The van der Waals surface area contributed by atoms with E-state index in [1.54, 1.807) is 0 Å². The van der Waals surface area contributed by atoms with E-state index in [1.165, 1.54) is 12.1 Å². The average molecular weight is 294 g/mol. The van der Waals surface area contributed by atoms with Crippen LogP contribution < -0.4 is 5.73 Å². The van der Waals surface area contributed by atoms with Crippen LogP contribution in [0, 0.1) is 17.7 Å². The molecule has 0 fully saturated rings. The monoisotopic (exact) mass is 294 g/mol. The molecule has 1 rings (SSSR count). The van der Waals surface area contributed by atoms with Crippen LogP contribution in [0.1, 0.15) is 24.5 Å². The van der Waals surface area contributed by atoms with E-state index in [9.17, 15) is 4.39 Å². The minimum Gasteiger partial charge on any atom is -0.320 e. The van der Waals surface area contributed by atoms with E-state index in [4.69, 9.17) is 5.73 Å². The van der Waals surface area contributed by atoms with Gasteiger partial charge in [-0.3, -0.25) is 4.90 Å². The molecule has 0 aliphatic heterocycles. The molecule has 0 spiro atoms. The van der Waals surface area contributed by atoms with Gasteiger partial charge in [-0.05, 0) is 50.1 Å². The zero-order chi connectivity index (χ0) is 15.0. The van der Waals surface area contributed by atoms with Crippen LogP contribution in [-0.2, 0) is 6.54 Å². The van der Waals surface area contributed by atoms with E-state index >= 15 is 0 Å². The van der Waals surface area contributed by atoms with Crippen molar-refractivity contribution in [1.29, 1.82) is 0 Å². The van der Waals surface area contributed by atoms with Crippen molar-refractivity contribution < 1.29 is 4.39 Å². The first-order chi connectivity index (χ1) is 9.58. The molecule has 0 aliphatic carbocycles. The minimum absolute atomic E-state index is 0.256. The largest absolute Gasteiger partial charge is 0.320 e. The van der Waals surface area contributed by atoms with Crippen LogP contribution in [0.2, 0.25) is 0 Å². The molecule has 0 heterocycles. The van der Waals surface area contributed by atoms with Crippen molar-refractivity contribution in [2.45, 2.75) is 25.9 Å². The second kappa shape index (κ2) is 9.02. The SMILES string of the molecule is CSCCC(C)N(C)Cc1ccc(F)cc1C#CCN. The maximum Gasteiger partial charge on any atom is 0.124 e. The summed E-state index contributed by atoms with van der Waals surface area (Å²) in [5.74, 6) is 6.64. The van der Waals surface area contributed by atoms with Gasteiger partial charge in [-0.1, -0.05) is 17.9 Å². The number of thioether (sulfide) groups is 1. The lowest BCUT2D eigenvalue weighted by Crippen LogP contribution is -2.29. The van der Waals surface area contributed by atoms with Gasteiger partial charge in [-0.15, -0.1) is 0 Å². The van der Waals surface area contributed by atoms with Crippen LogP contribution in [0.4, 0.5) is 4.39 Å². The van der Waals surface area contributed by atoms with E-state index in [1.807, 2.05) is 17.8 Å². The third-order valence-electron chi connectivity index (χ3n) is 3.31. The van der Waals surface area contributed by atoms with Crippen molar-refractivity contribution in [3.63, 3.8) is 0 Å². The Balaban J connectivity index is 2.80. The number of hydrogen-bond donors (Lipinski definition) is 1. The molecule has 0 saturated heterocycles. The van der Waals surface area contributed by atoms with Crippen molar-refractivity contribution in [3.8, 4) is 11.8 Å². The Hall–Kier alpha value is -1.02. The van der Waals surface area contributed by atoms with Gasteiger partial charge in [0.05, 0.1) is 6.54 Å². The fourth-order valence-corrected chi connectivity index (χ4v) is 2.46. The number of nitrogens with two attached hydrogens (primary N) is 1. The van der Waals surface area contributed by atoms with E-state index in [2.05, 4.69) is 37.0 Å². The Morgan fingerprint density at radius 1 is 1.45 bits per heavy atom. The number of halogens is 1. The number of rotatable bonds is 6. The summed E-state index contributed by atoms with van der Waals surface area (Å²) in [7, 11) is 2.09. The van der Waals surface area contributed by atoms with Gasteiger partial charge in [0.25, 0.3) is 0 Å². The summed E-state index contributed by atoms with van der Waals surface area (Å²) in [5, 5.41) is 0. The Bertz CT molecular complexity index is 479. The van der Waals surface area contributed by atoms with E-state index < -0.39 is 0 Å². The molecule has 1 atom stereocenters. The zero-order valence-corrected chi connectivity index (χ0v) is 13.3. The maximum absolute atomic E-state index is 13.3. The van der Waals surface area contributed by atoms with Crippen LogP contribution in [-0.4, -0.2) is 36.5 Å². The van der Waals surface area contributed by atoms with Gasteiger partial charge in [0.2, 0.25) is 0 Å². The first-order valence-electron chi connectivity index (χ1n) is 6.75. The molecule has 2 nitrogen and oxygen atoms in total. The van der Waals surface area contributed by atoms with Crippen molar-refractivity contribution in [2.24, 2.45) is 5.73 Å². The molecular formula is C16H23FN2S. The smallest absolute Gasteiger partial charge is 0.124 e. The predicted octanol–water partition coefficient (Wildman–Crippen LogP) is 2.71. The highest BCUT2D eigenvalue weighted by molar-refractivity contribution is 7.98. The Morgan fingerprint density at radius 3 is 2.85 bits per heavy atom. The van der Waals surface area contributed by atoms with E-state index in [0.717, 1.165) is 29.8 Å².